The molecule has 8 heteroatoms. The van der Waals surface area contributed by atoms with Crippen molar-refractivity contribution in [2.45, 2.75) is 13.3 Å². The molecule has 0 bridgehead atoms. The van der Waals surface area contributed by atoms with E-state index < -0.39 is 0 Å². The van der Waals surface area contributed by atoms with Crippen LogP contribution in [-0.4, -0.2) is 53.4 Å². The number of aryl methyl sites for hydroxylation is 1. The number of aromatic nitrogens is 2. The number of hydrogen-bond donors (Lipinski definition) is 0. The summed E-state index contributed by atoms with van der Waals surface area (Å²) in [6.07, 6.45) is 2.86. The summed E-state index contributed by atoms with van der Waals surface area (Å²) in [4.78, 5) is 32.2. The van der Waals surface area contributed by atoms with Crippen LogP contribution >= 0.6 is 11.6 Å². The van der Waals surface area contributed by atoms with E-state index in [-0.39, 0.29) is 12.3 Å². The van der Waals surface area contributed by atoms with Crippen molar-refractivity contribution in [3.63, 3.8) is 0 Å². The number of piperazine rings is 1. The van der Waals surface area contributed by atoms with Crippen LogP contribution < -0.4 is 4.90 Å². The Morgan fingerprint density at radius 1 is 1.29 bits per heavy atom. The van der Waals surface area contributed by atoms with Crippen LogP contribution in [0.1, 0.15) is 21.8 Å². The van der Waals surface area contributed by atoms with E-state index in [1.165, 1.54) is 0 Å². The first kappa shape index (κ1) is 18.4. The minimum absolute atomic E-state index is 0.135. The lowest BCUT2D eigenvalue weighted by molar-refractivity contribution is -0.107. The van der Waals surface area contributed by atoms with Crippen LogP contribution in [0.15, 0.2) is 35.0 Å². The van der Waals surface area contributed by atoms with Crippen LogP contribution in [0.3, 0.4) is 0 Å². The minimum atomic E-state index is -0.135. The summed E-state index contributed by atoms with van der Waals surface area (Å²) in [5.41, 5.74) is 2.86. The van der Waals surface area contributed by atoms with Gasteiger partial charge in [0, 0.05) is 50.2 Å². The Hall–Kier alpha value is -2.93. The molecule has 144 valence electrons. The Morgan fingerprint density at radius 2 is 2.07 bits per heavy atom. The first-order chi connectivity index (χ1) is 13.6. The first-order valence-corrected chi connectivity index (χ1v) is 9.43. The van der Waals surface area contributed by atoms with Gasteiger partial charge in [-0.1, -0.05) is 16.8 Å². The van der Waals surface area contributed by atoms with Gasteiger partial charge in [0.1, 0.15) is 12.0 Å². The number of fused-ring (bicyclic) bond motifs is 1. The molecule has 0 saturated carbocycles. The van der Waals surface area contributed by atoms with Gasteiger partial charge in [-0.3, -0.25) is 9.78 Å². The van der Waals surface area contributed by atoms with Crippen molar-refractivity contribution >= 4 is 40.4 Å². The van der Waals surface area contributed by atoms with E-state index in [4.69, 9.17) is 16.1 Å². The molecular weight excluding hydrogens is 380 g/mol. The summed E-state index contributed by atoms with van der Waals surface area (Å²) in [5.74, 6) is 0.475. The quantitative estimate of drug-likeness (QED) is 0.629. The molecule has 0 N–H and O–H groups in total. The second-order valence-electron chi connectivity index (χ2n) is 6.74. The third-order valence-corrected chi connectivity index (χ3v) is 5.24. The van der Waals surface area contributed by atoms with Gasteiger partial charge in [0.25, 0.3) is 5.91 Å². The lowest BCUT2D eigenvalue weighted by Crippen LogP contribution is -2.49. The van der Waals surface area contributed by atoms with Crippen LogP contribution in [0.2, 0.25) is 5.02 Å². The van der Waals surface area contributed by atoms with E-state index in [1.54, 1.807) is 24.1 Å². The number of carbonyl (C=O) groups is 2. The third kappa shape index (κ3) is 3.33. The number of hydrogen-bond acceptors (Lipinski definition) is 6. The van der Waals surface area contributed by atoms with Gasteiger partial charge in [0.05, 0.1) is 16.2 Å². The average molecular weight is 399 g/mol. The zero-order valence-corrected chi connectivity index (χ0v) is 16.1. The normalized spacial score (nSPS) is 14.5. The van der Waals surface area contributed by atoms with Gasteiger partial charge in [-0.25, -0.2) is 0 Å². The molecule has 0 spiro atoms. The van der Waals surface area contributed by atoms with E-state index in [0.29, 0.717) is 42.7 Å². The lowest BCUT2D eigenvalue weighted by Gasteiger charge is -2.37. The molecule has 1 amide bonds. The van der Waals surface area contributed by atoms with Gasteiger partial charge < -0.3 is 19.1 Å². The maximum atomic E-state index is 12.6. The Morgan fingerprint density at radius 3 is 2.75 bits per heavy atom. The summed E-state index contributed by atoms with van der Waals surface area (Å²) < 4.78 is 5.01. The zero-order valence-electron chi connectivity index (χ0n) is 15.4. The molecule has 1 aliphatic rings. The number of halogens is 1. The maximum Gasteiger partial charge on any atom is 0.276 e. The van der Waals surface area contributed by atoms with Crippen LogP contribution in [0.5, 0.6) is 0 Å². The topological polar surface area (TPSA) is 79.5 Å². The molecule has 3 aromatic rings. The monoisotopic (exact) mass is 398 g/mol. The van der Waals surface area contributed by atoms with Crippen LogP contribution in [0, 0.1) is 6.92 Å². The van der Waals surface area contributed by atoms with E-state index in [1.807, 2.05) is 18.2 Å². The average Bonchev–Trinajstić information content (AvgIpc) is 3.15. The summed E-state index contributed by atoms with van der Waals surface area (Å²) in [5, 5.41) is 5.25. The van der Waals surface area contributed by atoms with Crippen molar-refractivity contribution in [1.29, 1.82) is 0 Å². The molecular formula is C20H19ClN4O3. The van der Waals surface area contributed by atoms with Crippen molar-refractivity contribution in [3.05, 3.63) is 52.5 Å². The van der Waals surface area contributed by atoms with Crippen molar-refractivity contribution in [3.8, 4) is 0 Å². The van der Waals surface area contributed by atoms with Gasteiger partial charge in [-0.2, -0.15) is 0 Å². The molecule has 7 nitrogen and oxygen atoms in total. The highest BCUT2D eigenvalue weighted by Crippen LogP contribution is 2.35. The van der Waals surface area contributed by atoms with Crippen molar-refractivity contribution < 1.29 is 14.1 Å². The molecule has 0 radical (unpaired) electrons. The van der Waals surface area contributed by atoms with Crippen LogP contribution in [0.4, 0.5) is 5.69 Å². The zero-order chi connectivity index (χ0) is 19.7. The fourth-order valence-electron chi connectivity index (χ4n) is 3.60. The van der Waals surface area contributed by atoms with Gasteiger partial charge >= 0.3 is 0 Å². The Kier molecular flexibility index (Phi) is 5.00. The first-order valence-electron chi connectivity index (χ1n) is 9.05. The third-order valence-electron chi connectivity index (χ3n) is 4.93. The summed E-state index contributed by atoms with van der Waals surface area (Å²) in [7, 11) is 0. The minimum Gasteiger partial charge on any atom is -0.366 e. The highest BCUT2D eigenvalue weighted by molar-refractivity contribution is 6.36. The van der Waals surface area contributed by atoms with E-state index in [2.05, 4.69) is 15.0 Å². The molecule has 0 aliphatic carbocycles. The number of pyridine rings is 1. The Bertz CT molecular complexity index is 1040. The van der Waals surface area contributed by atoms with Crippen molar-refractivity contribution in [1.82, 2.24) is 15.0 Å². The fraction of sp³-hybridized carbons (Fsp3) is 0.300. The van der Waals surface area contributed by atoms with Crippen LogP contribution in [-0.2, 0) is 11.2 Å². The summed E-state index contributed by atoms with van der Waals surface area (Å²) >= 11 is 6.40. The molecule has 1 aromatic carbocycles. The van der Waals surface area contributed by atoms with E-state index in [9.17, 15) is 9.59 Å². The molecule has 3 heterocycles. The van der Waals surface area contributed by atoms with Gasteiger partial charge in [-0.15, -0.1) is 0 Å². The molecule has 1 fully saturated rings. The molecule has 0 atom stereocenters. The van der Waals surface area contributed by atoms with E-state index in [0.717, 1.165) is 28.4 Å². The highest BCUT2D eigenvalue weighted by atomic mass is 35.5. The second kappa shape index (κ2) is 7.59. The predicted octanol–water partition coefficient (Wildman–Crippen LogP) is 2.89. The van der Waals surface area contributed by atoms with Crippen molar-refractivity contribution in [2.24, 2.45) is 0 Å². The maximum absolute atomic E-state index is 12.6. The van der Waals surface area contributed by atoms with Gasteiger partial charge in [-0.05, 0) is 30.7 Å². The number of nitrogens with zero attached hydrogens (tertiary/aromatic N) is 4. The number of anilines is 1. The van der Waals surface area contributed by atoms with Crippen LogP contribution in [0.25, 0.3) is 10.9 Å². The standard InChI is InChI=1S/C20H19ClN4O3/c1-13-11-17(23-28-13)20(27)25-8-6-24(7-9-25)19-14(4-10-26)12-16(21)15-3-2-5-22-18(15)19/h2-3,5,10-12H,4,6-9H2,1H3. The molecule has 28 heavy (non-hydrogen) atoms. The molecule has 2 aromatic heterocycles. The number of aldehydes is 1. The van der Waals surface area contributed by atoms with E-state index >= 15 is 0 Å². The van der Waals surface area contributed by atoms with Gasteiger partial charge in [0.15, 0.2) is 5.69 Å². The smallest absolute Gasteiger partial charge is 0.276 e. The number of carbonyl (C=O) groups excluding carboxylic acids is 2. The second-order valence-corrected chi connectivity index (χ2v) is 7.15. The predicted molar refractivity (Wildman–Crippen MR) is 106 cm³/mol. The molecule has 4 rings (SSSR count). The SMILES string of the molecule is Cc1cc(C(=O)N2CCN(c3c(CC=O)cc(Cl)c4cccnc34)CC2)no1. The highest BCUT2D eigenvalue weighted by Gasteiger charge is 2.27. The molecule has 0 unspecified atom stereocenters. The molecule has 1 saturated heterocycles. The Balaban J connectivity index is 1.61. The largest absolute Gasteiger partial charge is 0.366 e. The lowest BCUT2D eigenvalue weighted by atomic mass is 10.0. The van der Waals surface area contributed by atoms with Gasteiger partial charge in [0.2, 0.25) is 0 Å². The molecule has 1 aliphatic heterocycles. The number of amides is 1. The summed E-state index contributed by atoms with van der Waals surface area (Å²) in [6, 6.07) is 7.25. The van der Waals surface area contributed by atoms with Crippen molar-refractivity contribution in [2.75, 3.05) is 31.1 Å². The number of rotatable bonds is 4. The number of benzene rings is 1. The fourth-order valence-corrected chi connectivity index (χ4v) is 3.88. The summed E-state index contributed by atoms with van der Waals surface area (Å²) in [6.45, 7) is 4.10. The Labute approximate surface area is 166 Å².